The zero-order chi connectivity index (χ0) is 26.1. The molecular weight excluding hydrogens is 493 g/mol. The topological polar surface area (TPSA) is 166 Å². The molecule has 0 fully saturated rings. The maximum absolute atomic E-state index is 13.2. The van der Waals surface area contributed by atoms with Crippen molar-refractivity contribution in [3.63, 3.8) is 0 Å². The van der Waals surface area contributed by atoms with Gasteiger partial charge in [-0.3, -0.25) is 4.79 Å². The minimum atomic E-state index is -1.30. The molecule has 4 N–H and O–H groups in total. The highest BCUT2D eigenvalue weighted by molar-refractivity contribution is 6.33. The number of ether oxygens (including phenoxy) is 2. The smallest absolute Gasteiger partial charge is 0.269 e. The average molecular weight is 514 g/mol. The number of pyridine rings is 1. The Balaban J connectivity index is 1.90. The van der Waals surface area contributed by atoms with Crippen LogP contribution in [0.15, 0.2) is 42.9 Å². The van der Waals surface area contributed by atoms with Crippen LogP contribution >= 0.6 is 11.6 Å². The van der Waals surface area contributed by atoms with E-state index in [2.05, 4.69) is 25.6 Å². The second-order valence-corrected chi connectivity index (χ2v) is 7.68. The van der Waals surface area contributed by atoms with Crippen LogP contribution in [-0.2, 0) is 9.53 Å². The zero-order valence-electron chi connectivity index (χ0n) is 18.9. The first-order valence-corrected chi connectivity index (χ1v) is 10.9. The minimum absolute atomic E-state index is 0.0641. The number of anilines is 3. The second-order valence-electron chi connectivity index (χ2n) is 7.27. The number of amides is 1. The summed E-state index contributed by atoms with van der Waals surface area (Å²) in [6.45, 7) is 1.02. The van der Waals surface area contributed by atoms with Gasteiger partial charge < -0.3 is 30.6 Å². The molecule has 3 aromatic rings. The molecule has 3 rings (SSSR count). The Kier molecular flexibility index (Phi) is 9.18. The fourth-order valence-electron chi connectivity index (χ4n) is 2.82. The van der Waals surface area contributed by atoms with Gasteiger partial charge in [0.1, 0.15) is 29.8 Å². The number of carbonyl (C=O) groups excluding carboxylic acids is 1. The molecule has 2 heterocycles. The molecule has 11 nitrogen and oxygen atoms in total. The van der Waals surface area contributed by atoms with E-state index in [-0.39, 0.29) is 52.6 Å². The van der Waals surface area contributed by atoms with Crippen molar-refractivity contribution in [3.8, 4) is 11.9 Å². The van der Waals surface area contributed by atoms with Crippen molar-refractivity contribution in [1.82, 2.24) is 15.0 Å². The summed E-state index contributed by atoms with van der Waals surface area (Å²) < 4.78 is 24.4. The zero-order valence-corrected chi connectivity index (χ0v) is 19.7. The van der Waals surface area contributed by atoms with Crippen LogP contribution in [0.4, 0.5) is 21.7 Å². The number of carbonyl (C=O) groups is 1. The molecule has 0 saturated heterocycles. The molecule has 0 saturated carbocycles. The van der Waals surface area contributed by atoms with Gasteiger partial charge in [-0.2, -0.15) is 5.26 Å². The lowest BCUT2D eigenvalue weighted by Gasteiger charge is -2.21. The van der Waals surface area contributed by atoms with Gasteiger partial charge in [-0.05, 0) is 31.2 Å². The van der Waals surface area contributed by atoms with Gasteiger partial charge in [0, 0.05) is 6.21 Å². The molecule has 186 valence electrons. The summed E-state index contributed by atoms with van der Waals surface area (Å²) in [5.41, 5.74) is 0.579. The van der Waals surface area contributed by atoms with E-state index >= 15 is 0 Å². The third-order valence-corrected chi connectivity index (χ3v) is 5.00. The predicted octanol–water partition coefficient (Wildman–Crippen LogP) is 3.06. The molecule has 13 heteroatoms. The number of hydrogen-bond acceptors (Lipinski definition) is 10. The Morgan fingerprint density at radius 3 is 2.81 bits per heavy atom. The summed E-state index contributed by atoms with van der Waals surface area (Å²) in [4.78, 5) is 24.8. The van der Waals surface area contributed by atoms with Crippen molar-refractivity contribution >= 4 is 41.0 Å². The number of nitrogens with one attached hydrogen (secondary N) is 3. The van der Waals surface area contributed by atoms with Crippen LogP contribution in [0, 0.1) is 22.6 Å². The molecule has 0 aliphatic carbocycles. The highest BCUT2D eigenvalue weighted by atomic mass is 35.5. The van der Waals surface area contributed by atoms with Crippen molar-refractivity contribution in [1.29, 1.82) is 10.7 Å². The molecule has 1 aromatic carbocycles. The van der Waals surface area contributed by atoms with Gasteiger partial charge in [-0.15, -0.1) is 0 Å². The summed E-state index contributed by atoms with van der Waals surface area (Å²) >= 11 is 6.23. The molecule has 36 heavy (non-hydrogen) atoms. The molecule has 0 aliphatic rings. The van der Waals surface area contributed by atoms with Crippen LogP contribution in [0.2, 0.25) is 5.02 Å². The third-order valence-electron chi connectivity index (χ3n) is 4.68. The van der Waals surface area contributed by atoms with Gasteiger partial charge >= 0.3 is 0 Å². The summed E-state index contributed by atoms with van der Waals surface area (Å²) in [6.07, 6.45) is 1.09. The largest absolute Gasteiger partial charge is 0.461 e. The van der Waals surface area contributed by atoms with Crippen LogP contribution in [0.25, 0.3) is 0 Å². The normalized spacial score (nSPS) is 12.2. The summed E-state index contributed by atoms with van der Waals surface area (Å²) in [7, 11) is 0. The number of nitrogens with zero attached hydrogens (tertiary/aromatic N) is 4. The lowest BCUT2D eigenvalue weighted by molar-refractivity contribution is -0.127. The lowest BCUT2D eigenvalue weighted by atomic mass is 10.2. The van der Waals surface area contributed by atoms with Crippen molar-refractivity contribution in [3.05, 3.63) is 64.8 Å². The van der Waals surface area contributed by atoms with Crippen LogP contribution in [0.5, 0.6) is 5.88 Å². The number of benzene rings is 1. The van der Waals surface area contributed by atoms with E-state index in [0.29, 0.717) is 0 Å². The van der Waals surface area contributed by atoms with E-state index in [1.54, 1.807) is 25.1 Å². The van der Waals surface area contributed by atoms with Gasteiger partial charge in [0.2, 0.25) is 12.0 Å². The van der Waals surface area contributed by atoms with Crippen LogP contribution in [0.1, 0.15) is 18.1 Å². The van der Waals surface area contributed by atoms with E-state index in [4.69, 9.17) is 26.5 Å². The molecule has 0 aliphatic heterocycles. The summed E-state index contributed by atoms with van der Waals surface area (Å²) in [5, 5.41) is 32.2. The summed E-state index contributed by atoms with van der Waals surface area (Å²) in [5.74, 6) is -1.23. The predicted molar refractivity (Wildman–Crippen MR) is 129 cm³/mol. The number of rotatable bonds is 11. The fraction of sp³-hybridized carbons (Fsp3) is 0.217. The quantitative estimate of drug-likeness (QED) is 0.282. The fourth-order valence-corrected chi connectivity index (χ4v) is 3.05. The minimum Gasteiger partial charge on any atom is -0.461 e. The highest BCUT2D eigenvalue weighted by Gasteiger charge is 2.25. The van der Waals surface area contributed by atoms with Gasteiger partial charge in [-0.25, -0.2) is 19.3 Å². The average Bonchev–Trinajstić information content (AvgIpc) is 2.88. The van der Waals surface area contributed by atoms with E-state index in [0.717, 1.165) is 24.8 Å². The Labute approximate surface area is 210 Å². The van der Waals surface area contributed by atoms with E-state index < -0.39 is 23.9 Å². The van der Waals surface area contributed by atoms with Gasteiger partial charge in [-0.1, -0.05) is 17.7 Å². The molecule has 0 bridgehead atoms. The Hall–Kier alpha value is -4.18. The van der Waals surface area contributed by atoms with Crippen molar-refractivity contribution in [2.24, 2.45) is 0 Å². The standard InChI is InChI=1S/C23H21ClFN7O4/c1-13(10-33)35-11-18(22(34)31-19-6-5-15(25)9-28-19)36-23-16(8-27)21(29-12-30-23)32-20-14(7-26)3-2-4-17(20)24/h2-6,8-9,12-13,18,27,33H,10-11H2,1H3,(H,28,31,34)(H,29,30,32). The summed E-state index contributed by atoms with van der Waals surface area (Å²) in [6, 6.07) is 9.17. The number of aliphatic hydroxyl groups excluding tert-OH is 1. The van der Waals surface area contributed by atoms with E-state index in [1.807, 2.05) is 6.07 Å². The molecule has 2 aromatic heterocycles. The Morgan fingerprint density at radius 1 is 1.33 bits per heavy atom. The van der Waals surface area contributed by atoms with E-state index in [9.17, 15) is 19.6 Å². The van der Waals surface area contributed by atoms with Gasteiger partial charge in [0.25, 0.3) is 5.91 Å². The Morgan fingerprint density at radius 2 is 2.14 bits per heavy atom. The number of para-hydroxylation sites is 1. The molecule has 1 amide bonds. The van der Waals surface area contributed by atoms with Crippen molar-refractivity contribution in [2.45, 2.75) is 19.1 Å². The number of hydrogen-bond donors (Lipinski definition) is 4. The molecular formula is C23H21ClFN7O4. The van der Waals surface area contributed by atoms with Gasteiger partial charge in [0.15, 0.2) is 0 Å². The van der Waals surface area contributed by atoms with Gasteiger partial charge in [0.05, 0.1) is 47.4 Å². The monoisotopic (exact) mass is 513 g/mol. The molecule has 0 spiro atoms. The number of aromatic nitrogens is 3. The first kappa shape index (κ1) is 26.4. The van der Waals surface area contributed by atoms with Crippen LogP contribution in [0.3, 0.4) is 0 Å². The van der Waals surface area contributed by atoms with Crippen molar-refractivity contribution in [2.75, 3.05) is 23.8 Å². The third kappa shape index (κ3) is 6.70. The molecule has 2 atom stereocenters. The van der Waals surface area contributed by atoms with Crippen LogP contribution < -0.4 is 15.4 Å². The maximum Gasteiger partial charge on any atom is 0.269 e. The highest BCUT2D eigenvalue weighted by Crippen LogP contribution is 2.31. The maximum atomic E-state index is 13.2. The Bertz CT molecular complexity index is 1270. The SMILES string of the molecule is CC(CO)OCC(Oc1ncnc(Nc2c(Cl)cccc2C#N)c1C=N)C(=O)Nc1ccc(F)cn1. The number of nitriles is 1. The first-order chi connectivity index (χ1) is 17.4. The second kappa shape index (κ2) is 12.5. The number of halogens is 2. The molecule has 2 unspecified atom stereocenters. The lowest BCUT2D eigenvalue weighted by Crippen LogP contribution is -2.39. The van der Waals surface area contributed by atoms with E-state index in [1.165, 1.54) is 6.07 Å². The van der Waals surface area contributed by atoms with Crippen LogP contribution in [-0.4, -0.2) is 57.6 Å². The first-order valence-electron chi connectivity index (χ1n) is 10.5. The number of aliphatic hydroxyl groups is 1. The molecule has 0 radical (unpaired) electrons. The van der Waals surface area contributed by atoms with Crippen molar-refractivity contribution < 1.29 is 23.8 Å².